The van der Waals surface area contributed by atoms with Crippen molar-refractivity contribution in [2.75, 3.05) is 13.1 Å². The molecule has 0 spiro atoms. The van der Waals surface area contributed by atoms with E-state index in [0.717, 1.165) is 19.3 Å². The van der Waals surface area contributed by atoms with Crippen molar-refractivity contribution in [3.05, 3.63) is 0 Å². The summed E-state index contributed by atoms with van der Waals surface area (Å²) in [4.78, 5) is 0. The van der Waals surface area contributed by atoms with Gasteiger partial charge in [-0.15, -0.1) is 0 Å². The molecule has 1 rings (SSSR count). The van der Waals surface area contributed by atoms with Gasteiger partial charge in [-0.3, -0.25) is 0 Å². The molecular weight excluding hydrogens is 200 g/mol. The molecule has 4 nitrogen and oxygen atoms in total. The maximum Gasteiger partial charge on any atom is 0.276 e. The summed E-state index contributed by atoms with van der Waals surface area (Å²) in [6.07, 6.45) is 5.43. The standard InChI is InChI=1S/C9H20N2O2S/c1-2-4-9-5-3-7-11(8-6-9)14(10,12)13/h9H,2-8H2,1H3,(H2,10,12,13). The molecule has 1 aliphatic rings. The van der Waals surface area contributed by atoms with Crippen molar-refractivity contribution in [2.24, 2.45) is 11.1 Å². The molecule has 1 heterocycles. The second kappa shape index (κ2) is 5.09. The van der Waals surface area contributed by atoms with E-state index in [9.17, 15) is 8.42 Å². The minimum Gasteiger partial charge on any atom is -0.216 e. The zero-order chi connectivity index (χ0) is 10.6. The maximum absolute atomic E-state index is 11.1. The van der Waals surface area contributed by atoms with Gasteiger partial charge in [0.25, 0.3) is 10.2 Å². The van der Waals surface area contributed by atoms with Gasteiger partial charge in [-0.2, -0.15) is 12.7 Å². The molecule has 0 aromatic rings. The average Bonchev–Trinajstić information content (AvgIpc) is 2.29. The van der Waals surface area contributed by atoms with Crippen molar-refractivity contribution < 1.29 is 8.42 Å². The number of nitrogens with two attached hydrogens (primary N) is 1. The minimum atomic E-state index is -3.45. The van der Waals surface area contributed by atoms with E-state index >= 15 is 0 Å². The first-order valence-corrected chi connectivity index (χ1v) is 6.82. The molecule has 14 heavy (non-hydrogen) atoms. The van der Waals surface area contributed by atoms with E-state index in [1.54, 1.807) is 0 Å². The van der Waals surface area contributed by atoms with Crippen molar-refractivity contribution in [3.8, 4) is 0 Å². The molecule has 1 fully saturated rings. The van der Waals surface area contributed by atoms with Gasteiger partial charge in [-0.1, -0.05) is 19.8 Å². The fraction of sp³-hybridized carbons (Fsp3) is 1.00. The largest absolute Gasteiger partial charge is 0.276 e. The van der Waals surface area contributed by atoms with Crippen LogP contribution in [0, 0.1) is 5.92 Å². The molecule has 0 amide bonds. The molecule has 0 saturated carbocycles. The average molecular weight is 220 g/mol. The van der Waals surface area contributed by atoms with Crippen LogP contribution in [0.3, 0.4) is 0 Å². The highest BCUT2D eigenvalue weighted by Gasteiger charge is 2.22. The lowest BCUT2D eigenvalue weighted by Gasteiger charge is -2.16. The summed E-state index contributed by atoms with van der Waals surface area (Å²) in [5.41, 5.74) is 0. The van der Waals surface area contributed by atoms with E-state index in [1.165, 1.54) is 17.1 Å². The lowest BCUT2D eigenvalue weighted by molar-refractivity contribution is 0.400. The van der Waals surface area contributed by atoms with E-state index in [2.05, 4.69) is 6.92 Å². The Morgan fingerprint density at radius 2 is 2.07 bits per heavy atom. The SMILES string of the molecule is CCCC1CCCN(S(N)(=O)=O)CC1. The molecule has 1 aliphatic heterocycles. The number of nitrogens with zero attached hydrogens (tertiary/aromatic N) is 1. The molecular formula is C9H20N2O2S. The third-order valence-corrected chi connectivity index (χ3v) is 3.95. The Kier molecular flexibility index (Phi) is 4.34. The first-order valence-electron chi connectivity index (χ1n) is 5.32. The number of hydrogen-bond donors (Lipinski definition) is 1. The maximum atomic E-state index is 11.1. The van der Waals surface area contributed by atoms with Crippen LogP contribution in [-0.2, 0) is 10.2 Å². The molecule has 84 valence electrons. The van der Waals surface area contributed by atoms with E-state index in [4.69, 9.17) is 5.14 Å². The van der Waals surface area contributed by atoms with Crippen LogP contribution in [0.5, 0.6) is 0 Å². The second-order valence-corrected chi connectivity index (χ2v) is 5.58. The van der Waals surface area contributed by atoms with Crippen LogP contribution < -0.4 is 5.14 Å². The molecule has 0 aromatic carbocycles. The fourth-order valence-corrected chi connectivity index (χ4v) is 2.83. The zero-order valence-electron chi connectivity index (χ0n) is 8.78. The summed E-state index contributed by atoms with van der Waals surface area (Å²) in [5.74, 6) is 0.687. The Balaban J connectivity index is 2.49. The Hall–Kier alpha value is -0.130. The van der Waals surface area contributed by atoms with Crippen LogP contribution in [-0.4, -0.2) is 25.8 Å². The second-order valence-electron chi connectivity index (χ2n) is 4.03. The van der Waals surface area contributed by atoms with Gasteiger partial charge in [-0.05, 0) is 25.2 Å². The van der Waals surface area contributed by atoms with Crippen molar-refractivity contribution in [1.29, 1.82) is 0 Å². The third-order valence-electron chi connectivity index (χ3n) is 2.86. The van der Waals surface area contributed by atoms with Crippen LogP contribution in [0.1, 0.15) is 39.0 Å². The summed E-state index contributed by atoms with van der Waals surface area (Å²) in [5, 5.41) is 5.10. The fourth-order valence-electron chi connectivity index (χ4n) is 2.09. The lowest BCUT2D eigenvalue weighted by Crippen LogP contribution is -2.37. The summed E-state index contributed by atoms with van der Waals surface area (Å²) in [6.45, 7) is 3.37. The molecule has 0 bridgehead atoms. The van der Waals surface area contributed by atoms with Crippen molar-refractivity contribution >= 4 is 10.2 Å². The van der Waals surface area contributed by atoms with Gasteiger partial charge in [0.05, 0.1) is 0 Å². The topological polar surface area (TPSA) is 63.4 Å². The Morgan fingerprint density at radius 1 is 1.36 bits per heavy atom. The van der Waals surface area contributed by atoms with E-state index in [1.807, 2.05) is 0 Å². The normalized spacial score (nSPS) is 26.0. The van der Waals surface area contributed by atoms with E-state index in [0.29, 0.717) is 19.0 Å². The highest BCUT2D eigenvalue weighted by atomic mass is 32.2. The molecule has 5 heteroatoms. The summed E-state index contributed by atoms with van der Waals surface area (Å²) < 4.78 is 23.6. The zero-order valence-corrected chi connectivity index (χ0v) is 9.59. The van der Waals surface area contributed by atoms with Gasteiger partial charge in [0, 0.05) is 13.1 Å². The third kappa shape index (κ3) is 3.55. The van der Waals surface area contributed by atoms with Crippen molar-refractivity contribution in [3.63, 3.8) is 0 Å². The summed E-state index contributed by atoms with van der Waals surface area (Å²) >= 11 is 0. The van der Waals surface area contributed by atoms with Gasteiger partial charge in [0.15, 0.2) is 0 Å². The van der Waals surface area contributed by atoms with Crippen LogP contribution in [0.15, 0.2) is 0 Å². The first kappa shape index (κ1) is 11.9. The molecule has 0 aromatic heterocycles. The Bertz CT molecular complexity index is 264. The summed E-state index contributed by atoms with van der Waals surface area (Å²) in [6, 6.07) is 0. The van der Waals surface area contributed by atoms with Crippen molar-refractivity contribution in [1.82, 2.24) is 4.31 Å². The summed E-state index contributed by atoms with van der Waals surface area (Å²) in [7, 11) is -3.45. The molecule has 1 saturated heterocycles. The molecule has 0 aliphatic carbocycles. The van der Waals surface area contributed by atoms with E-state index in [-0.39, 0.29) is 0 Å². The highest BCUT2D eigenvalue weighted by molar-refractivity contribution is 7.86. The van der Waals surface area contributed by atoms with Gasteiger partial charge < -0.3 is 0 Å². The Labute approximate surface area is 86.6 Å². The molecule has 1 unspecified atom stereocenters. The van der Waals surface area contributed by atoms with E-state index < -0.39 is 10.2 Å². The van der Waals surface area contributed by atoms with Crippen molar-refractivity contribution in [2.45, 2.75) is 39.0 Å². The van der Waals surface area contributed by atoms with Gasteiger partial charge in [0.1, 0.15) is 0 Å². The van der Waals surface area contributed by atoms with Crippen LogP contribution in [0.4, 0.5) is 0 Å². The highest BCUT2D eigenvalue weighted by Crippen LogP contribution is 2.22. The molecule has 2 N–H and O–H groups in total. The first-order chi connectivity index (χ1) is 6.54. The predicted molar refractivity (Wildman–Crippen MR) is 56.9 cm³/mol. The minimum absolute atomic E-state index is 0.596. The smallest absolute Gasteiger partial charge is 0.216 e. The number of hydrogen-bond acceptors (Lipinski definition) is 2. The predicted octanol–water partition coefficient (Wildman–Crippen LogP) is 1.09. The number of rotatable bonds is 3. The lowest BCUT2D eigenvalue weighted by atomic mass is 9.96. The van der Waals surface area contributed by atoms with Crippen LogP contribution >= 0.6 is 0 Å². The monoisotopic (exact) mass is 220 g/mol. The van der Waals surface area contributed by atoms with Crippen LogP contribution in [0.25, 0.3) is 0 Å². The quantitative estimate of drug-likeness (QED) is 0.774. The van der Waals surface area contributed by atoms with Gasteiger partial charge >= 0.3 is 0 Å². The van der Waals surface area contributed by atoms with Gasteiger partial charge in [0.2, 0.25) is 0 Å². The molecule has 0 radical (unpaired) electrons. The van der Waals surface area contributed by atoms with Crippen LogP contribution in [0.2, 0.25) is 0 Å². The molecule has 1 atom stereocenters. The Morgan fingerprint density at radius 3 is 2.64 bits per heavy atom. The van der Waals surface area contributed by atoms with Gasteiger partial charge in [-0.25, -0.2) is 5.14 Å².